The van der Waals surface area contributed by atoms with Crippen LogP contribution in [0.1, 0.15) is 17.2 Å². The molecule has 2 aromatic rings. The monoisotopic (exact) mass is 270 g/mol. The van der Waals surface area contributed by atoms with Gasteiger partial charge in [-0.15, -0.1) is 0 Å². The summed E-state index contributed by atoms with van der Waals surface area (Å²) in [6.45, 7) is 0. The van der Waals surface area contributed by atoms with Gasteiger partial charge in [0.1, 0.15) is 11.9 Å². The lowest BCUT2D eigenvalue weighted by atomic mass is 10.0. The number of hydrogen-bond acceptors (Lipinski definition) is 1. The molecule has 4 heteroatoms. The summed E-state index contributed by atoms with van der Waals surface area (Å²) in [5.41, 5.74) is 0.665. The van der Waals surface area contributed by atoms with Gasteiger partial charge in [0.2, 0.25) is 0 Å². The highest BCUT2D eigenvalue weighted by Crippen LogP contribution is 2.28. The molecule has 1 nitrogen and oxygen atoms in total. The van der Waals surface area contributed by atoms with Crippen LogP contribution in [0, 0.1) is 5.82 Å². The smallest absolute Gasteiger partial charge is 0.129 e. The highest BCUT2D eigenvalue weighted by molar-refractivity contribution is 6.31. The van der Waals surface area contributed by atoms with Gasteiger partial charge in [-0.3, -0.25) is 0 Å². The van der Waals surface area contributed by atoms with Gasteiger partial charge in [0.25, 0.3) is 0 Å². The van der Waals surface area contributed by atoms with Crippen LogP contribution in [0.4, 0.5) is 4.39 Å². The van der Waals surface area contributed by atoms with Crippen molar-refractivity contribution in [2.75, 3.05) is 0 Å². The van der Waals surface area contributed by atoms with Crippen LogP contribution >= 0.6 is 23.2 Å². The lowest BCUT2D eigenvalue weighted by molar-refractivity contribution is 0.215. The summed E-state index contributed by atoms with van der Waals surface area (Å²) >= 11 is 11.6. The highest BCUT2D eigenvalue weighted by atomic mass is 35.5. The molecule has 0 aromatic heterocycles. The lowest BCUT2D eigenvalue weighted by Crippen LogP contribution is -2.02. The first-order chi connectivity index (χ1) is 8.08. The molecule has 0 saturated heterocycles. The maximum absolute atomic E-state index is 13.6. The van der Waals surface area contributed by atoms with E-state index in [1.807, 2.05) is 0 Å². The maximum Gasteiger partial charge on any atom is 0.129 e. The maximum atomic E-state index is 13.6. The normalized spacial score (nSPS) is 12.5. The third kappa shape index (κ3) is 2.78. The van der Waals surface area contributed by atoms with Crippen LogP contribution in [-0.4, -0.2) is 5.11 Å². The Morgan fingerprint density at radius 1 is 1.00 bits per heavy atom. The standard InChI is InChI=1S/C13H9Cl2FO/c14-9-3-1-2-8(6-9)13(17)11-7-10(15)4-5-12(11)16/h1-7,13,17H. The molecular formula is C13H9Cl2FO. The summed E-state index contributed by atoms with van der Waals surface area (Å²) in [6.07, 6.45) is -1.08. The Morgan fingerprint density at radius 3 is 2.41 bits per heavy atom. The topological polar surface area (TPSA) is 20.2 Å². The predicted molar refractivity (Wildman–Crippen MR) is 66.9 cm³/mol. The van der Waals surface area contributed by atoms with E-state index < -0.39 is 11.9 Å². The van der Waals surface area contributed by atoms with Gasteiger partial charge in [-0.25, -0.2) is 4.39 Å². The first-order valence-corrected chi connectivity index (χ1v) is 5.72. The van der Waals surface area contributed by atoms with E-state index in [-0.39, 0.29) is 5.56 Å². The van der Waals surface area contributed by atoms with E-state index in [0.717, 1.165) is 0 Å². The van der Waals surface area contributed by atoms with Crippen molar-refractivity contribution >= 4 is 23.2 Å². The van der Waals surface area contributed by atoms with Crippen molar-refractivity contribution in [2.45, 2.75) is 6.10 Å². The van der Waals surface area contributed by atoms with E-state index in [2.05, 4.69) is 0 Å². The zero-order valence-electron chi connectivity index (χ0n) is 8.70. The van der Waals surface area contributed by atoms with Crippen LogP contribution in [0.5, 0.6) is 0 Å². The third-order valence-electron chi connectivity index (χ3n) is 2.42. The summed E-state index contributed by atoms with van der Waals surface area (Å²) in [5.74, 6) is -0.498. The average Bonchev–Trinajstić information content (AvgIpc) is 2.31. The van der Waals surface area contributed by atoms with Crippen LogP contribution in [0.2, 0.25) is 10.0 Å². The summed E-state index contributed by atoms with van der Waals surface area (Å²) in [5, 5.41) is 10.9. The molecule has 2 rings (SSSR count). The quantitative estimate of drug-likeness (QED) is 0.867. The molecule has 0 radical (unpaired) electrons. The Bertz CT molecular complexity index is 543. The molecule has 0 aliphatic heterocycles. The summed E-state index contributed by atoms with van der Waals surface area (Å²) in [4.78, 5) is 0. The molecule has 88 valence electrons. The van der Waals surface area contributed by atoms with Gasteiger partial charge in [-0.2, -0.15) is 0 Å². The number of rotatable bonds is 2. The SMILES string of the molecule is OC(c1cccc(Cl)c1)c1cc(Cl)ccc1F. The molecule has 0 aliphatic rings. The molecule has 1 atom stereocenters. The number of aliphatic hydroxyl groups excluding tert-OH is 1. The fourth-order valence-corrected chi connectivity index (χ4v) is 1.96. The Balaban J connectivity index is 2.43. The van der Waals surface area contributed by atoms with Crippen molar-refractivity contribution in [3.8, 4) is 0 Å². The molecule has 0 fully saturated rings. The molecule has 0 bridgehead atoms. The predicted octanol–water partition coefficient (Wildman–Crippen LogP) is 4.21. The van der Waals surface area contributed by atoms with E-state index in [0.29, 0.717) is 15.6 Å². The second-order valence-electron chi connectivity index (χ2n) is 3.62. The van der Waals surface area contributed by atoms with Crippen molar-refractivity contribution in [3.63, 3.8) is 0 Å². The zero-order chi connectivity index (χ0) is 12.4. The van der Waals surface area contributed by atoms with Crippen molar-refractivity contribution < 1.29 is 9.50 Å². The zero-order valence-corrected chi connectivity index (χ0v) is 10.2. The van der Waals surface area contributed by atoms with Gasteiger partial charge in [-0.05, 0) is 35.9 Å². The number of aliphatic hydroxyl groups is 1. The van der Waals surface area contributed by atoms with Crippen LogP contribution in [0.3, 0.4) is 0 Å². The first-order valence-electron chi connectivity index (χ1n) is 4.96. The molecule has 0 amide bonds. The fourth-order valence-electron chi connectivity index (χ4n) is 1.58. The lowest BCUT2D eigenvalue weighted by Gasteiger charge is -2.13. The number of benzene rings is 2. The van der Waals surface area contributed by atoms with E-state index in [1.54, 1.807) is 24.3 Å². The van der Waals surface area contributed by atoms with Gasteiger partial charge in [0.15, 0.2) is 0 Å². The Hall–Kier alpha value is -1.09. The number of halogens is 3. The van der Waals surface area contributed by atoms with Crippen molar-refractivity contribution in [1.29, 1.82) is 0 Å². The minimum atomic E-state index is -1.08. The molecule has 0 heterocycles. The van der Waals surface area contributed by atoms with E-state index in [1.165, 1.54) is 18.2 Å². The minimum Gasteiger partial charge on any atom is -0.384 e. The number of hydrogen-bond donors (Lipinski definition) is 1. The summed E-state index contributed by atoms with van der Waals surface area (Å²) < 4.78 is 13.6. The molecular weight excluding hydrogens is 262 g/mol. The highest BCUT2D eigenvalue weighted by Gasteiger charge is 2.15. The summed E-state index contributed by atoms with van der Waals surface area (Å²) in [7, 11) is 0. The molecule has 0 aliphatic carbocycles. The fraction of sp³-hybridized carbons (Fsp3) is 0.0769. The average molecular weight is 271 g/mol. The van der Waals surface area contributed by atoms with Crippen LogP contribution in [0.15, 0.2) is 42.5 Å². The minimum absolute atomic E-state index is 0.139. The van der Waals surface area contributed by atoms with Gasteiger partial charge < -0.3 is 5.11 Å². The van der Waals surface area contributed by atoms with E-state index in [4.69, 9.17) is 23.2 Å². The molecule has 0 saturated carbocycles. The second kappa shape index (κ2) is 5.05. The Morgan fingerprint density at radius 2 is 1.71 bits per heavy atom. The largest absolute Gasteiger partial charge is 0.384 e. The Labute approximate surface area is 108 Å². The van der Waals surface area contributed by atoms with Gasteiger partial charge in [-0.1, -0.05) is 35.3 Å². The van der Waals surface area contributed by atoms with Crippen LogP contribution < -0.4 is 0 Å². The van der Waals surface area contributed by atoms with Crippen molar-refractivity contribution in [1.82, 2.24) is 0 Å². The van der Waals surface area contributed by atoms with Gasteiger partial charge in [0, 0.05) is 15.6 Å². The van der Waals surface area contributed by atoms with E-state index >= 15 is 0 Å². The second-order valence-corrected chi connectivity index (χ2v) is 4.50. The molecule has 1 N–H and O–H groups in total. The summed E-state index contributed by atoms with van der Waals surface area (Å²) in [6, 6.07) is 10.7. The van der Waals surface area contributed by atoms with Gasteiger partial charge >= 0.3 is 0 Å². The van der Waals surface area contributed by atoms with Crippen LogP contribution in [0.25, 0.3) is 0 Å². The van der Waals surface area contributed by atoms with Crippen LogP contribution in [-0.2, 0) is 0 Å². The molecule has 17 heavy (non-hydrogen) atoms. The van der Waals surface area contributed by atoms with Crippen molar-refractivity contribution in [2.24, 2.45) is 0 Å². The third-order valence-corrected chi connectivity index (χ3v) is 2.89. The Kier molecular flexibility index (Phi) is 3.67. The van der Waals surface area contributed by atoms with Gasteiger partial charge in [0.05, 0.1) is 0 Å². The first kappa shape index (κ1) is 12.4. The molecule has 2 aromatic carbocycles. The van der Waals surface area contributed by atoms with Crippen molar-refractivity contribution in [3.05, 3.63) is 69.5 Å². The molecule has 1 unspecified atom stereocenters. The van der Waals surface area contributed by atoms with E-state index in [9.17, 15) is 9.50 Å². The molecule has 0 spiro atoms.